The Morgan fingerprint density at radius 1 is 1.17 bits per heavy atom. The largest absolute Gasteiger partial charge is 0.323 e. The van der Waals surface area contributed by atoms with Gasteiger partial charge in [-0.15, -0.1) is 11.8 Å². The minimum atomic E-state index is -0.182. The van der Waals surface area contributed by atoms with Gasteiger partial charge in [-0.05, 0) is 24.3 Å². The van der Waals surface area contributed by atoms with Gasteiger partial charge >= 0.3 is 6.03 Å². The first-order chi connectivity index (χ1) is 11.1. The molecule has 0 bridgehead atoms. The number of hydrogen-bond donors (Lipinski definition) is 1. The van der Waals surface area contributed by atoms with Crippen LogP contribution in [0.1, 0.15) is 10.9 Å². The average molecular weight is 388 g/mol. The Labute approximate surface area is 153 Å². The second-order valence-corrected chi connectivity index (χ2v) is 7.41. The highest BCUT2D eigenvalue weighted by Gasteiger charge is 2.32. The molecule has 1 fully saturated rings. The van der Waals surface area contributed by atoms with E-state index in [-0.39, 0.29) is 11.4 Å². The lowest BCUT2D eigenvalue weighted by Crippen LogP contribution is -2.34. The number of anilines is 1. The lowest BCUT2D eigenvalue weighted by Gasteiger charge is -2.25. The summed E-state index contributed by atoms with van der Waals surface area (Å²) in [5.74, 6) is 0.844. The van der Waals surface area contributed by atoms with Gasteiger partial charge in [-0.2, -0.15) is 0 Å². The van der Waals surface area contributed by atoms with Crippen molar-refractivity contribution in [2.24, 2.45) is 0 Å². The van der Waals surface area contributed by atoms with Crippen LogP contribution in [-0.4, -0.2) is 23.2 Å². The summed E-state index contributed by atoms with van der Waals surface area (Å²) in [5.41, 5.74) is 1.51. The van der Waals surface area contributed by atoms with Crippen molar-refractivity contribution < 1.29 is 4.79 Å². The van der Waals surface area contributed by atoms with Crippen LogP contribution < -0.4 is 5.32 Å². The molecular weight excluding hydrogens is 375 g/mol. The monoisotopic (exact) mass is 386 g/mol. The van der Waals surface area contributed by atoms with E-state index in [0.29, 0.717) is 27.3 Å². The molecule has 1 unspecified atom stereocenters. The summed E-state index contributed by atoms with van der Waals surface area (Å²) >= 11 is 20.0. The molecule has 0 aromatic heterocycles. The van der Waals surface area contributed by atoms with Crippen molar-refractivity contribution in [2.45, 2.75) is 5.37 Å². The number of rotatable bonds is 2. The minimum absolute atomic E-state index is 0.152. The first-order valence-corrected chi connectivity index (χ1v) is 9.13. The van der Waals surface area contributed by atoms with Crippen molar-refractivity contribution >= 4 is 58.3 Å². The lowest BCUT2D eigenvalue weighted by atomic mass is 10.2. The minimum Gasteiger partial charge on any atom is -0.308 e. The summed E-state index contributed by atoms with van der Waals surface area (Å²) in [4.78, 5) is 14.3. The van der Waals surface area contributed by atoms with Crippen molar-refractivity contribution in [3.05, 3.63) is 63.1 Å². The Balaban J connectivity index is 1.81. The number of nitrogens with zero attached hydrogens (tertiary/aromatic N) is 1. The maximum Gasteiger partial charge on any atom is 0.323 e. The molecule has 1 aliphatic heterocycles. The van der Waals surface area contributed by atoms with Gasteiger partial charge in [0.1, 0.15) is 5.37 Å². The highest BCUT2D eigenvalue weighted by atomic mass is 35.5. The number of nitrogens with one attached hydrogen (secondary N) is 1. The zero-order valence-corrected chi connectivity index (χ0v) is 15.0. The fourth-order valence-electron chi connectivity index (χ4n) is 2.41. The van der Waals surface area contributed by atoms with Crippen LogP contribution in [0.2, 0.25) is 15.1 Å². The third-order valence-corrected chi connectivity index (χ3v) is 5.79. The summed E-state index contributed by atoms with van der Waals surface area (Å²) in [6, 6.07) is 12.4. The predicted octanol–water partition coefficient (Wildman–Crippen LogP) is 5.93. The molecule has 0 spiro atoms. The van der Waals surface area contributed by atoms with E-state index >= 15 is 0 Å². The SMILES string of the molecule is O=C(Nc1cccc(Cl)c1)N1CCSC1c1cccc(Cl)c1Cl. The van der Waals surface area contributed by atoms with E-state index in [4.69, 9.17) is 34.8 Å². The van der Waals surface area contributed by atoms with E-state index in [1.54, 1.807) is 47.0 Å². The Bertz CT molecular complexity index is 741. The van der Waals surface area contributed by atoms with E-state index in [1.807, 2.05) is 12.1 Å². The van der Waals surface area contributed by atoms with Crippen LogP contribution in [0, 0.1) is 0 Å². The zero-order valence-electron chi connectivity index (χ0n) is 11.9. The molecule has 2 amide bonds. The number of carbonyl (C=O) groups is 1. The van der Waals surface area contributed by atoms with Gasteiger partial charge in [0.05, 0.1) is 10.0 Å². The van der Waals surface area contributed by atoms with Crippen LogP contribution >= 0.6 is 46.6 Å². The van der Waals surface area contributed by atoms with Gasteiger partial charge in [0, 0.05) is 28.6 Å². The third-order valence-electron chi connectivity index (χ3n) is 3.48. The normalized spacial score (nSPS) is 17.3. The highest BCUT2D eigenvalue weighted by molar-refractivity contribution is 7.99. The van der Waals surface area contributed by atoms with E-state index in [2.05, 4.69) is 5.32 Å². The predicted molar refractivity (Wildman–Crippen MR) is 98.8 cm³/mol. The molecule has 23 heavy (non-hydrogen) atoms. The van der Waals surface area contributed by atoms with Gasteiger partial charge in [0.2, 0.25) is 0 Å². The van der Waals surface area contributed by atoms with Gasteiger partial charge in [-0.3, -0.25) is 0 Å². The molecule has 1 aliphatic rings. The second kappa shape index (κ2) is 7.22. The Kier molecular flexibility index (Phi) is 5.27. The van der Waals surface area contributed by atoms with Crippen LogP contribution in [0.15, 0.2) is 42.5 Å². The Morgan fingerprint density at radius 2 is 1.96 bits per heavy atom. The zero-order chi connectivity index (χ0) is 16.4. The van der Waals surface area contributed by atoms with E-state index < -0.39 is 0 Å². The molecule has 1 saturated heterocycles. The Hall–Kier alpha value is -1.07. The Morgan fingerprint density at radius 3 is 2.74 bits per heavy atom. The summed E-state index contributed by atoms with van der Waals surface area (Å²) < 4.78 is 0. The fourth-order valence-corrected chi connectivity index (χ4v) is 4.36. The summed E-state index contributed by atoms with van der Waals surface area (Å²) in [6.07, 6.45) is 0. The van der Waals surface area contributed by atoms with Crippen LogP contribution in [0.5, 0.6) is 0 Å². The fraction of sp³-hybridized carbons (Fsp3) is 0.188. The molecule has 2 aromatic carbocycles. The van der Waals surface area contributed by atoms with Crippen LogP contribution in [-0.2, 0) is 0 Å². The third kappa shape index (κ3) is 3.72. The lowest BCUT2D eigenvalue weighted by molar-refractivity contribution is 0.214. The first-order valence-electron chi connectivity index (χ1n) is 6.95. The molecule has 120 valence electrons. The van der Waals surface area contributed by atoms with Crippen molar-refractivity contribution in [2.75, 3.05) is 17.6 Å². The second-order valence-electron chi connectivity index (χ2n) is 5.00. The first kappa shape index (κ1) is 16.8. The van der Waals surface area contributed by atoms with E-state index in [9.17, 15) is 4.79 Å². The molecule has 1 atom stereocenters. The van der Waals surface area contributed by atoms with Crippen molar-refractivity contribution in [1.82, 2.24) is 4.90 Å². The van der Waals surface area contributed by atoms with E-state index in [0.717, 1.165) is 11.3 Å². The highest BCUT2D eigenvalue weighted by Crippen LogP contribution is 2.42. The molecule has 2 aromatic rings. The van der Waals surface area contributed by atoms with E-state index in [1.165, 1.54) is 0 Å². The molecule has 7 heteroatoms. The van der Waals surface area contributed by atoms with Crippen molar-refractivity contribution in [3.8, 4) is 0 Å². The van der Waals surface area contributed by atoms with Gasteiger partial charge in [0.15, 0.2) is 0 Å². The number of thioether (sulfide) groups is 1. The number of halogens is 3. The molecular formula is C16H13Cl3N2OS. The van der Waals surface area contributed by atoms with Crippen LogP contribution in [0.3, 0.4) is 0 Å². The molecule has 1 N–H and O–H groups in total. The van der Waals surface area contributed by atoms with Crippen LogP contribution in [0.25, 0.3) is 0 Å². The number of carbonyl (C=O) groups excluding carboxylic acids is 1. The van der Waals surface area contributed by atoms with Gasteiger partial charge < -0.3 is 10.2 Å². The average Bonchev–Trinajstić information content (AvgIpc) is 2.99. The molecule has 3 nitrogen and oxygen atoms in total. The quantitative estimate of drug-likeness (QED) is 0.693. The summed E-state index contributed by atoms with van der Waals surface area (Å²) in [5, 5.41) is 4.28. The van der Waals surface area contributed by atoms with Crippen molar-refractivity contribution in [1.29, 1.82) is 0 Å². The van der Waals surface area contributed by atoms with Gasteiger partial charge in [-0.1, -0.05) is 53.0 Å². The number of urea groups is 1. The molecule has 3 rings (SSSR count). The molecule has 0 saturated carbocycles. The standard InChI is InChI=1S/C16H13Cl3N2OS/c17-10-3-1-4-11(9-10)20-16(22)21-7-8-23-15(21)12-5-2-6-13(18)14(12)19/h1-6,9,15H,7-8H2,(H,20,22). The molecule has 1 heterocycles. The summed E-state index contributed by atoms with van der Waals surface area (Å²) in [6.45, 7) is 0.643. The van der Waals surface area contributed by atoms with Gasteiger partial charge in [-0.25, -0.2) is 4.79 Å². The van der Waals surface area contributed by atoms with Crippen molar-refractivity contribution in [3.63, 3.8) is 0 Å². The molecule has 0 radical (unpaired) electrons. The number of benzene rings is 2. The number of amides is 2. The number of hydrogen-bond acceptors (Lipinski definition) is 2. The molecule has 0 aliphatic carbocycles. The maximum atomic E-state index is 12.6. The topological polar surface area (TPSA) is 32.3 Å². The van der Waals surface area contributed by atoms with Gasteiger partial charge in [0.25, 0.3) is 0 Å². The van der Waals surface area contributed by atoms with Crippen LogP contribution in [0.4, 0.5) is 10.5 Å². The maximum absolute atomic E-state index is 12.6. The smallest absolute Gasteiger partial charge is 0.308 e. The summed E-state index contributed by atoms with van der Waals surface area (Å²) in [7, 11) is 0.